The fourth-order valence-electron chi connectivity index (χ4n) is 6.39. The van der Waals surface area contributed by atoms with Gasteiger partial charge in [-0.25, -0.2) is 9.97 Å². The molecule has 0 atom stereocenters. The number of rotatable bonds is 6. The van der Waals surface area contributed by atoms with E-state index in [-0.39, 0.29) is 58.3 Å². The van der Waals surface area contributed by atoms with E-state index in [0.717, 1.165) is 21.9 Å². The van der Waals surface area contributed by atoms with Gasteiger partial charge in [0.25, 0.3) is 0 Å². The molecule has 0 saturated heterocycles. The number of nitrogens with zero attached hydrogens (tertiary/aromatic N) is 3. The Labute approximate surface area is 302 Å². The molecule has 0 amide bonds. The number of fused-ring (bicyclic) bond motifs is 4. The number of oxazole rings is 2. The van der Waals surface area contributed by atoms with Crippen LogP contribution in [0, 0.1) is 0 Å². The van der Waals surface area contributed by atoms with Gasteiger partial charge in [0, 0.05) is 40.3 Å². The van der Waals surface area contributed by atoms with Gasteiger partial charge < -0.3 is 13.7 Å². The standard InChI is InChI=1S/C46H29N3O2/c1-3-10-31(11-4-1)45-47-41-23-21-39(28-43(41)50-45)49(40-22-24-42-44(29-40)51-46(48-42)32-12-5-2-6-13-32)38-20-19-36-26-35(17-18-37(36)27-38)34-16-15-30-9-7-8-14-33(30)25-34/h1-29H/i17D,18D,19D,20D,26D,27D. The summed E-state index contributed by atoms with van der Waals surface area (Å²) in [6.45, 7) is 0. The highest BCUT2D eigenvalue weighted by Gasteiger charge is 2.18. The molecule has 0 bridgehead atoms. The maximum absolute atomic E-state index is 9.68. The Kier molecular flexibility index (Phi) is 5.44. The van der Waals surface area contributed by atoms with Gasteiger partial charge in [0.1, 0.15) is 11.0 Å². The summed E-state index contributed by atoms with van der Waals surface area (Å²) in [6, 6.07) is 41.4. The third kappa shape index (κ3) is 5.29. The van der Waals surface area contributed by atoms with E-state index < -0.39 is 0 Å². The molecule has 10 aromatic rings. The highest BCUT2D eigenvalue weighted by molar-refractivity contribution is 5.95. The average molecular weight is 662 g/mol. The summed E-state index contributed by atoms with van der Waals surface area (Å²) in [5.41, 5.74) is 5.38. The summed E-state index contributed by atoms with van der Waals surface area (Å²) in [5, 5.41) is 1.79. The largest absolute Gasteiger partial charge is 0.436 e. The fraction of sp³-hybridized carbons (Fsp3) is 0. The van der Waals surface area contributed by atoms with Gasteiger partial charge in [0.15, 0.2) is 11.2 Å². The fourth-order valence-corrected chi connectivity index (χ4v) is 6.39. The van der Waals surface area contributed by atoms with E-state index in [2.05, 4.69) is 0 Å². The molecule has 0 spiro atoms. The maximum atomic E-state index is 9.68. The van der Waals surface area contributed by atoms with Gasteiger partial charge in [-0.3, -0.25) is 0 Å². The number of anilines is 3. The molecule has 2 aromatic heterocycles. The molecular formula is C46H29N3O2. The van der Waals surface area contributed by atoms with Crippen LogP contribution in [0.15, 0.2) is 185 Å². The van der Waals surface area contributed by atoms with Gasteiger partial charge in [0.05, 0.1) is 8.22 Å². The number of aromatic nitrogens is 2. The van der Waals surface area contributed by atoms with E-state index in [1.165, 1.54) is 0 Å². The van der Waals surface area contributed by atoms with Crippen LogP contribution in [-0.2, 0) is 0 Å². The Balaban J connectivity index is 1.20. The van der Waals surface area contributed by atoms with Crippen LogP contribution in [-0.4, -0.2) is 9.97 Å². The molecular weight excluding hydrogens is 627 g/mol. The zero-order valence-electron chi connectivity index (χ0n) is 32.9. The summed E-state index contributed by atoms with van der Waals surface area (Å²) in [7, 11) is 0. The van der Waals surface area contributed by atoms with Crippen molar-refractivity contribution in [3.63, 3.8) is 0 Å². The Hall–Kier alpha value is -6.98. The summed E-state index contributed by atoms with van der Waals surface area (Å²) in [4.78, 5) is 11.0. The predicted molar refractivity (Wildman–Crippen MR) is 208 cm³/mol. The second-order valence-electron chi connectivity index (χ2n) is 12.2. The number of hydrogen-bond donors (Lipinski definition) is 0. The van der Waals surface area contributed by atoms with Crippen LogP contribution in [0.1, 0.15) is 8.22 Å². The normalized spacial score (nSPS) is 13.2. The van der Waals surface area contributed by atoms with Crippen molar-refractivity contribution in [1.29, 1.82) is 0 Å². The van der Waals surface area contributed by atoms with Crippen molar-refractivity contribution in [2.24, 2.45) is 0 Å². The van der Waals surface area contributed by atoms with E-state index in [4.69, 9.17) is 20.2 Å². The Morgan fingerprint density at radius 1 is 0.412 bits per heavy atom. The average Bonchev–Trinajstić information content (AvgIpc) is 3.88. The molecule has 0 aliphatic carbocycles. The predicted octanol–water partition coefficient (Wildman–Crippen LogP) is 12.7. The molecule has 51 heavy (non-hydrogen) atoms. The Morgan fingerprint density at radius 3 is 1.63 bits per heavy atom. The lowest BCUT2D eigenvalue weighted by molar-refractivity contribution is 0.620. The minimum Gasteiger partial charge on any atom is -0.436 e. The lowest BCUT2D eigenvalue weighted by Gasteiger charge is -2.25. The van der Waals surface area contributed by atoms with Crippen LogP contribution >= 0.6 is 0 Å². The summed E-state index contributed by atoms with van der Waals surface area (Å²) < 4.78 is 68.8. The molecule has 5 heteroatoms. The van der Waals surface area contributed by atoms with Crippen molar-refractivity contribution in [1.82, 2.24) is 9.97 Å². The first kappa shape index (κ1) is 23.4. The van der Waals surface area contributed by atoms with Crippen molar-refractivity contribution in [3.8, 4) is 34.0 Å². The van der Waals surface area contributed by atoms with Gasteiger partial charge >= 0.3 is 0 Å². The quantitative estimate of drug-likeness (QED) is 0.177. The van der Waals surface area contributed by atoms with Crippen LogP contribution in [0.3, 0.4) is 0 Å². The highest BCUT2D eigenvalue weighted by Crippen LogP contribution is 2.40. The molecule has 10 rings (SSSR count). The van der Waals surface area contributed by atoms with Gasteiger partial charge in [-0.2, -0.15) is 0 Å². The second kappa shape index (κ2) is 11.9. The Bertz CT molecular complexity index is 3100. The maximum Gasteiger partial charge on any atom is 0.227 e. The third-order valence-electron chi connectivity index (χ3n) is 8.93. The molecule has 2 heterocycles. The first-order valence-corrected chi connectivity index (χ1v) is 16.5. The zero-order valence-corrected chi connectivity index (χ0v) is 26.9. The lowest BCUT2D eigenvalue weighted by Crippen LogP contribution is -2.09. The summed E-state index contributed by atoms with van der Waals surface area (Å²) >= 11 is 0. The van der Waals surface area contributed by atoms with Gasteiger partial charge in [-0.1, -0.05) is 90.9 Å². The van der Waals surface area contributed by atoms with Gasteiger partial charge in [0.2, 0.25) is 11.8 Å². The van der Waals surface area contributed by atoms with E-state index in [0.29, 0.717) is 50.9 Å². The van der Waals surface area contributed by atoms with Crippen molar-refractivity contribution >= 4 is 60.8 Å². The topological polar surface area (TPSA) is 55.3 Å². The summed E-state index contributed by atoms with van der Waals surface area (Å²) in [6.07, 6.45) is 0. The van der Waals surface area contributed by atoms with E-state index in [9.17, 15) is 6.85 Å². The first-order valence-electron chi connectivity index (χ1n) is 19.5. The van der Waals surface area contributed by atoms with Crippen molar-refractivity contribution in [2.45, 2.75) is 0 Å². The lowest BCUT2D eigenvalue weighted by atomic mass is 9.98. The smallest absolute Gasteiger partial charge is 0.227 e. The monoisotopic (exact) mass is 661 g/mol. The molecule has 0 radical (unpaired) electrons. The van der Waals surface area contributed by atoms with Gasteiger partial charge in [-0.15, -0.1) is 0 Å². The van der Waals surface area contributed by atoms with Crippen LogP contribution in [0.2, 0.25) is 0 Å². The van der Waals surface area contributed by atoms with E-state index in [1.54, 1.807) is 47.4 Å². The zero-order chi connectivity index (χ0) is 38.9. The molecule has 0 saturated carbocycles. The van der Waals surface area contributed by atoms with E-state index in [1.807, 2.05) is 97.1 Å². The van der Waals surface area contributed by atoms with Crippen molar-refractivity contribution in [3.05, 3.63) is 176 Å². The van der Waals surface area contributed by atoms with Crippen LogP contribution in [0.4, 0.5) is 17.1 Å². The number of benzene rings is 8. The van der Waals surface area contributed by atoms with Gasteiger partial charge in [-0.05, 0) is 105 Å². The third-order valence-corrected chi connectivity index (χ3v) is 8.93. The number of hydrogen-bond acceptors (Lipinski definition) is 5. The van der Waals surface area contributed by atoms with Crippen LogP contribution in [0.25, 0.3) is 77.8 Å². The molecule has 0 aliphatic rings. The molecule has 0 fully saturated rings. The SMILES string of the molecule is [2H]c1c(N(c2ccc3nc(-c4ccccc4)oc3c2)c2ccc3nc(-c4ccccc4)oc3c2)c([2H])c2c([2H])c([2H])c(-c3ccc4ccccc4c3)c([2H])c2c1[2H]. The molecule has 0 N–H and O–H groups in total. The molecule has 240 valence electrons. The van der Waals surface area contributed by atoms with Crippen molar-refractivity contribution < 1.29 is 17.1 Å². The Morgan fingerprint density at radius 2 is 0.980 bits per heavy atom. The molecule has 0 unspecified atom stereocenters. The van der Waals surface area contributed by atoms with Crippen LogP contribution < -0.4 is 4.90 Å². The van der Waals surface area contributed by atoms with E-state index >= 15 is 0 Å². The molecule has 8 aromatic carbocycles. The minimum absolute atomic E-state index is 0.0115. The highest BCUT2D eigenvalue weighted by atomic mass is 16.4. The minimum atomic E-state index is -0.333. The van der Waals surface area contributed by atoms with Crippen molar-refractivity contribution in [2.75, 3.05) is 4.90 Å². The summed E-state index contributed by atoms with van der Waals surface area (Å²) in [5.74, 6) is 0.860. The molecule has 5 nitrogen and oxygen atoms in total. The van der Waals surface area contributed by atoms with Crippen LogP contribution in [0.5, 0.6) is 0 Å². The first-order chi connectivity index (χ1) is 27.7. The second-order valence-corrected chi connectivity index (χ2v) is 12.2. The molecule has 0 aliphatic heterocycles.